The predicted octanol–water partition coefficient (Wildman–Crippen LogP) is 30.0. The molecule has 0 heterocycles. The molecule has 22 unspecified atom stereocenters. The largest absolute Gasteiger partial charge is 0.393 e. The van der Waals surface area contributed by atoms with Crippen molar-refractivity contribution in [2.45, 2.75) is 425 Å². The molecule has 0 aromatic heterocycles. The van der Waals surface area contributed by atoms with Crippen LogP contribution in [0.3, 0.4) is 0 Å². The van der Waals surface area contributed by atoms with Crippen LogP contribution in [0.15, 0.2) is 202 Å². The van der Waals surface area contributed by atoms with Crippen molar-refractivity contribution in [2.24, 2.45) is 80.8 Å². The standard InChI is InChI=1S/C29H44ClFO.C29H43FO2.C29H43FOS.C28H43FO3/c1-6-29(32,7-2)17-8-10-20(3)25-14-15-26-22(11-9-16-28(25,26)5)12-13-23-18-24(30)19-27(31)21(23)4;1-6-29(32,7-2)17-8-10-20(3)25-14-15-26-22(11-9-16-28(25,26)5)12-13-23-18-24(31)19-27(30)21(23)4;1-6-29(31,7-2)17-8-10-20(3)25-14-15-26-22(11-9-16-28(25,26)5)12-13-23-18-24(32)19-27(30)21(23)4;1-5-28(32,6-2)16-7-9-19(3)23-13-14-24-20(10-8-15-27(23,24)4)11-12-21-17-22(30)18-25(29)26(21)31/h12-14,20,24,26-27,32H,4,6-11,15-19H2,1-3,5H3;8,12-15,17,20,24-27,31-32H,4,6-7,9-11,16,18-19H2,1-3,5H3;8,12-14,17,20,24,26-27,31-32H,4,6-7,9-11,15-16,18-19H2,1-3,5H3;11-14,19,22-25,30,32H,5-10,15-18H2,1-4H3/b22-12+,23-13-;2*17-8+,22-12+,23-13-;20-11+,21-12-. The van der Waals surface area contributed by atoms with Crippen LogP contribution in [0.2, 0.25) is 0 Å². The monoisotopic (exact) mass is 1810 g/mol. The van der Waals surface area contributed by atoms with E-state index in [-0.39, 0.29) is 51.5 Å². The van der Waals surface area contributed by atoms with Crippen molar-refractivity contribution >= 4 is 30.0 Å². The van der Waals surface area contributed by atoms with Crippen molar-refractivity contribution < 1.29 is 53.0 Å². The number of aliphatic hydroxyl groups excluding tert-OH is 2. The summed E-state index contributed by atoms with van der Waals surface area (Å²) in [5.74, 6) is 4.52. The minimum absolute atomic E-state index is 0.0797. The lowest BCUT2D eigenvalue weighted by atomic mass is 9.60. The summed E-state index contributed by atoms with van der Waals surface area (Å²) in [6.45, 7) is 47.5. The Bertz CT molecular complexity index is 4210. The van der Waals surface area contributed by atoms with Crippen LogP contribution < -0.4 is 0 Å². The van der Waals surface area contributed by atoms with Crippen molar-refractivity contribution in [3.8, 4) is 0 Å². The highest BCUT2D eigenvalue weighted by Crippen LogP contribution is 2.62. The second-order valence-corrected chi connectivity index (χ2v) is 44.4. The zero-order valence-electron chi connectivity index (χ0n) is 82.2. The van der Waals surface area contributed by atoms with Crippen molar-refractivity contribution in [2.75, 3.05) is 0 Å². The van der Waals surface area contributed by atoms with Gasteiger partial charge in [-0.05, 0) is 308 Å². The molecule has 0 saturated heterocycles. The first-order chi connectivity index (χ1) is 60.5. The molecular weight excluding hydrogens is 1640 g/mol. The molecule has 8 saturated carbocycles. The number of Topliss-reactive ketones (excluding diaryl/α,β-unsaturated/α-hetero) is 1. The van der Waals surface area contributed by atoms with Gasteiger partial charge in [-0.25, -0.2) is 17.6 Å². The molecule has 13 heteroatoms. The van der Waals surface area contributed by atoms with Crippen LogP contribution in [0.25, 0.3) is 0 Å². The molecule has 22 atom stereocenters. The summed E-state index contributed by atoms with van der Waals surface area (Å²) < 4.78 is 56.5. The summed E-state index contributed by atoms with van der Waals surface area (Å²) in [5, 5.41) is 62.1. The Morgan fingerprint density at radius 1 is 0.469 bits per heavy atom. The lowest BCUT2D eigenvalue weighted by Crippen LogP contribution is -2.37. The fourth-order valence-electron chi connectivity index (χ4n) is 25.3. The first kappa shape index (κ1) is 107. The SMILES string of the molecule is C=C1/C(=C\C=C2/CCCC3(C)C(C(C)C/C=C/C(O)(CC)CC)=CCC23)CC(S)CC1F.C=C1/C(=C\C=C2/CCCC3(C)C(C(C)CCCC(O)(CC)CC)=CCC23)CC(Cl)CC1F.C=C1/C(=C\C=C2/CCCC3(C)C2C=CC3C(C)C/C=C/C(O)(CC)CC)CC(O)CC1F.CCC(O)(CC)CCCC(C)C1C=CC2/C(=C/C=C3/CC(O)CC(F)C3=O)CCCC21C. The molecule has 12 rings (SSSR count). The van der Waals surface area contributed by atoms with Gasteiger partial charge in [-0.1, -0.05) is 293 Å². The van der Waals surface area contributed by atoms with E-state index < -0.39 is 65.1 Å². The Morgan fingerprint density at radius 3 is 1.33 bits per heavy atom. The number of allylic oxidation sites excluding steroid dienone is 27. The Balaban J connectivity index is 0.000000193. The van der Waals surface area contributed by atoms with Crippen molar-refractivity contribution in [1.82, 2.24) is 0 Å². The molecule has 0 aromatic carbocycles. The molecule has 12 aliphatic rings. The molecule has 0 aromatic rings. The van der Waals surface area contributed by atoms with Crippen molar-refractivity contribution in [3.63, 3.8) is 0 Å². The van der Waals surface area contributed by atoms with Crippen LogP contribution in [0, 0.1) is 80.8 Å². The molecule has 6 N–H and O–H groups in total. The van der Waals surface area contributed by atoms with E-state index in [1.54, 1.807) is 17.2 Å². The van der Waals surface area contributed by atoms with Gasteiger partial charge in [0.05, 0.1) is 34.6 Å². The maximum absolute atomic E-state index is 14.2. The summed E-state index contributed by atoms with van der Waals surface area (Å²) in [7, 11) is 0. The third kappa shape index (κ3) is 26.1. The molecule has 0 radical (unpaired) electrons. The topological polar surface area (TPSA) is 138 Å². The lowest BCUT2D eigenvalue weighted by Gasteiger charge is -2.44. The Kier molecular flexibility index (Phi) is 39.5. The Hall–Kier alpha value is -4.63. The summed E-state index contributed by atoms with van der Waals surface area (Å²) in [5.41, 5.74) is 12.5. The second-order valence-electron chi connectivity index (χ2n) is 43.1. The minimum atomic E-state index is -1.57. The number of fused-ring (bicyclic) bond motifs is 4. The highest BCUT2D eigenvalue weighted by Gasteiger charge is 2.52. The fourth-order valence-corrected chi connectivity index (χ4v) is 26.0. The smallest absolute Gasteiger partial charge is 0.193 e. The first-order valence-corrected chi connectivity index (χ1v) is 52.0. The number of carbonyl (C=O) groups excluding carboxylic acids is 1. The maximum atomic E-state index is 14.2. The molecule has 0 aliphatic heterocycles. The highest BCUT2D eigenvalue weighted by atomic mass is 35.5. The van der Waals surface area contributed by atoms with Crippen molar-refractivity contribution in [1.29, 1.82) is 0 Å². The van der Waals surface area contributed by atoms with Crippen LogP contribution in [0.4, 0.5) is 17.6 Å². The van der Waals surface area contributed by atoms with Crippen LogP contribution in [-0.4, -0.2) is 106 Å². The highest BCUT2D eigenvalue weighted by molar-refractivity contribution is 7.81. The van der Waals surface area contributed by atoms with Crippen LogP contribution in [0.5, 0.6) is 0 Å². The van der Waals surface area contributed by atoms with E-state index in [0.717, 1.165) is 177 Å². The van der Waals surface area contributed by atoms with Gasteiger partial charge >= 0.3 is 0 Å². The Morgan fingerprint density at radius 2 is 0.852 bits per heavy atom. The molecule has 716 valence electrons. The number of hydrogen-bond donors (Lipinski definition) is 7. The summed E-state index contributed by atoms with van der Waals surface area (Å²) in [6.07, 6.45) is 67.5. The van der Waals surface area contributed by atoms with Gasteiger partial charge in [0.1, 0.15) is 18.5 Å². The first-order valence-electron chi connectivity index (χ1n) is 51.0. The van der Waals surface area contributed by atoms with E-state index >= 15 is 0 Å². The second kappa shape index (κ2) is 47.2. The van der Waals surface area contributed by atoms with Crippen LogP contribution >= 0.6 is 24.2 Å². The molecule has 12 aliphatic carbocycles. The number of ketones is 1. The number of carbonyl (C=O) groups is 1. The van der Waals surface area contributed by atoms with Gasteiger partial charge in [-0.2, -0.15) is 12.6 Å². The van der Waals surface area contributed by atoms with E-state index in [0.29, 0.717) is 101 Å². The molecular formula is C115H173ClF4O7S. The summed E-state index contributed by atoms with van der Waals surface area (Å²) in [4.78, 5) is 12.2. The van der Waals surface area contributed by atoms with Gasteiger partial charge < -0.3 is 30.6 Å². The quantitative estimate of drug-likeness (QED) is 0.0125. The van der Waals surface area contributed by atoms with E-state index in [1.165, 1.54) is 67.2 Å². The number of aliphatic hydroxyl groups is 6. The summed E-state index contributed by atoms with van der Waals surface area (Å²) in [6, 6.07) is 0. The Labute approximate surface area is 785 Å². The van der Waals surface area contributed by atoms with Gasteiger partial charge in [-0.15, -0.1) is 11.6 Å². The van der Waals surface area contributed by atoms with Gasteiger partial charge in [0, 0.05) is 47.3 Å². The van der Waals surface area contributed by atoms with E-state index in [2.05, 4.69) is 194 Å². The summed E-state index contributed by atoms with van der Waals surface area (Å²) >= 11 is 10.8. The third-order valence-electron chi connectivity index (χ3n) is 34.8. The minimum Gasteiger partial charge on any atom is -0.393 e. The van der Waals surface area contributed by atoms with Crippen LogP contribution in [-0.2, 0) is 4.79 Å². The molecule has 0 bridgehead atoms. The lowest BCUT2D eigenvalue weighted by molar-refractivity contribution is -0.123. The number of halogens is 5. The van der Waals surface area contributed by atoms with Gasteiger partial charge in [-0.3, -0.25) is 4.79 Å². The van der Waals surface area contributed by atoms with Gasteiger partial charge in [0.15, 0.2) is 12.0 Å². The third-order valence-corrected chi connectivity index (χ3v) is 35.6. The predicted molar refractivity (Wildman–Crippen MR) is 534 cm³/mol. The molecule has 0 spiro atoms. The number of rotatable bonds is 30. The average molecular weight is 1810 g/mol. The molecule has 0 amide bonds. The molecule has 7 nitrogen and oxygen atoms in total. The van der Waals surface area contributed by atoms with Crippen LogP contribution in [0.1, 0.15) is 355 Å². The van der Waals surface area contributed by atoms with E-state index in [1.807, 2.05) is 52.0 Å². The number of alkyl halides is 5. The molecule has 128 heavy (non-hydrogen) atoms. The molecule has 8 fully saturated rings. The van der Waals surface area contributed by atoms with E-state index in [4.69, 9.17) is 11.6 Å². The number of hydrogen-bond acceptors (Lipinski definition) is 8. The van der Waals surface area contributed by atoms with Crippen molar-refractivity contribution in [3.05, 3.63) is 202 Å². The zero-order chi connectivity index (χ0) is 94.1. The fraction of sp³-hybridized carbons (Fsp3) is 0.696. The van der Waals surface area contributed by atoms with Gasteiger partial charge in [0.25, 0.3) is 0 Å². The number of thiol groups is 1. The maximum Gasteiger partial charge on any atom is 0.193 e. The average Bonchev–Trinajstić information content (AvgIpc) is 1.63. The normalized spacial score (nSPS) is 35.8. The zero-order valence-corrected chi connectivity index (χ0v) is 83.9. The van der Waals surface area contributed by atoms with Gasteiger partial charge in [0.2, 0.25) is 0 Å². The van der Waals surface area contributed by atoms with E-state index in [9.17, 15) is 53.0 Å².